The number of oxazole rings is 1. The lowest BCUT2D eigenvalue weighted by molar-refractivity contribution is 0.101. The van der Waals surface area contributed by atoms with Crippen molar-refractivity contribution in [3.63, 3.8) is 0 Å². The van der Waals surface area contributed by atoms with Crippen LogP contribution in [0.4, 0.5) is 11.1 Å². The van der Waals surface area contributed by atoms with E-state index in [-0.39, 0.29) is 17.6 Å². The van der Waals surface area contributed by atoms with E-state index < -0.39 is 5.91 Å². The molecule has 4 rings (SSSR count). The number of carbonyl (C=O) groups is 2. The zero-order chi connectivity index (χ0) is 19.3. The molecule has 28 heavy (non-hydrogen) atoms. The number of amides is 2. The number of thiazole rings is 1. The lowest BCUT2D eigenvalue weighted by Crippen LogP contribution is -2.14. The summed E-state index contributed by atoms with van der Waals surface area (Å²) in [4.78, 5) is 36.8. The molecule has 0 atom stereocenters. The van der Waals surface area contributed by atoms with Gasteiger partial charge in [-0.25, -0.2) is 4.98 Å². The molecule has 0 bridgehead atoms. The minimum absolute atomic E-state index is 0.0292. The molecule has 9 heteroatoms. The molecule has 2 amide bonds. The summed E-state index contributed by atoms with van der Waals surface area (Å²) in [6, 6.07) is 12.3. The van der Waals surface area contributed by atoms with Crippen LogP contribution in [0.3, 0.4) is 0 Å². The average Bonchev–Trinajstić information content (AvgIpc) is 3.39. The largest absolute Gasteiger partial charge is 0.431 e. The lowest BCUT2D eigenvalue weighted by Gasteiger charge is -1.99. The van der Waals surface area contributed by atoms with Gasteiger partial charge < -0.3 is 4.42 Å². The molecule has 0 spiro atoms. The number of hydrogen-bond acceptors (Lipinski definition) is 7. The summed E-state index contributed by atoms with van der Waals surface area (Å²) in [7, 11) is 0. The second kappa shape index (κ2) is 7.80. The molecule has 0 aliphatic rings. The molecule has 138 valence electrons. The van der Waals surface area contributed by atoms with Gasteiger partial charge in [0.2, 0.25) is 0 Å². The predicted octanol–water partition coefficient (Wildman–Crippen LogP) is 3.70. The zero-order valence-electron chi connectivity index (χ0n) is 14.3. The number of aromatic nitrogens is 3. The van der Waals surface area contributed by atoms with Crippen LogP contribution in [-0.2, 0) is 0 Å². The average molecular weight is 391 g/mol. The van der Waals surface area contributed by atoms with Gasteiger partial charge in [0, 0.05) is 28.9 Å². The van der Waals surface area contributed by atoms with Crippen LogP contribution < -0.4 is 10.6 Å². The quantitative estimate of drug-likeness (QED) is 0.537. The van der Waals surface area contributed by atoms with Crippen LogP contribution in [0.1, 0.15) is 20.8 Å². The van der Waals surface area contributed by atoms with Gasteiger partial charge in [0.25, 0.3) is 11.8 Å². The third kappa shape index (κ3) is 3.94. The van der Waals surface area contributed by atoms with Crippen molar-refractivity contribution in [2.45, 2.75) is 0 Å². The Balaban J connectivity index is 1.41. The van der Waals surface area contributed by atoms with Gasteiger partial charge in [0.1, 0.15) is 6.26 Å². The SMILES string of the molecule is O=C(Nc1nc(C(=O)Nc2nc(-c3cccnc3)cs2)co1)c1ccccc1. The molecular weight excluding hydrogens is 378 g/mol. The van der Waals surface area contributed by atoms with E-state index in [2.05, 4.69) is 25.6 Å². The number of hydrogen-bond donors (Lipinski definition) is 2. The smallest absolute Gasteiger partial charge is 0.302 e. The molecular formula is C19H13N5O3S. The Hall–Kier alpha value is -3.85. The maximum Gasteiger partial charge on any atom is 0.302 e. The van der Waals surface area contributed by atoms with Crippen LogP contribution in [0.25, 0.3) is 11.3 Å². The summed E-state index contributed by atoms with van der Waals surface area (Å²) < 4.78 is 5.16. The number of nitrogens with one attached hydrogen (secondary N) is 2. The fourth-order valence-electron chi connectivity index (χ4n) is 2.33. The number of rotatable bonds is 5. The summed E-state index contributed by atoms with van der Waals surface area (Å²) in [5, 5.41) is 7.40. The molecule has 0 aliphatic carbocycles. The normalized spacial score (nSPS) is 10.4. The molecule has 0 saturated heterocycles. The summed E-state index contributed by atoms with van der Waals surface area (Å²) in [6.45, 7) is 0. The number of benzene rings is 1. The maximum atomic E-state index is 12.3. The van der Waals surface area contributed by atoms with Crippen LogP contribution >= 0.6 is 11.3 Å². The third-order valence-corrected chi connectivity index (χ3v) is 4.43. The van der Waals surface area contributed by atoms with Crippen molar-refractivity contribution < 1.29 is 14.0 Å². The van der Waals surface area contributed by atoms with E-state index in [9.17, 15) is 9.59 Å². The van der Waals surface area contributed by atoms with Crippen LogP contribution in [0.15, 0.2) is 70.9 Å². The van der Waals surface area contributed by atoms with E-state index in [0.717, 1.165) is 5.56 Å². The first-order valence-electron chi connectivity index (χ1n) is 8.18. The van der Waals surface area contributed by atoms with Gasteiger partial charge in [-0.3, -0.25) is 25.2 Å². The second-order valence-corrected chi connectivity index (χ2v) is 6.45. The van der Waals surface area contributed by atoms with E-state index in [4.69, 9.17) is 4.42 Å². The Bertz CT molecular complexity index is 1110. The van der Waals surface area contributed by atoms with Gasteiger partial charge in [0.15, 0.2) is 10.8 Å². The van der Waals surface area contributed by atoms with E-state index in [1.807, 2.05) is 23.6 Å². The molecule has 0 fully saturated rings. The van der Waals surface area contributed by atoms with Crippen LogP contribution in [0, 0.1) is 0 Å². The molecule has 4 aromatic rings. The molecule has 3 aromatic heterocycles. The highest BCUT2D eigenvalue weighted by molar-refractivity contribution is 7.14. The van der Waals surface area contributed by atoms with Gasteiger partial charge in [0.05, 0.1) is 5.69 Å². The lowest BCUT2D eigenvalue weighted by atomic mass is 10.2. The first kappa shape index (κ1) is 17.6. The topological polar surface area (TPSA) is 110 Å². The summed E-state index contributed by atoms with van der Waals surface area (Å²) in [5.41, 5.74) is 2.05. The van der Waals surface area contributed by atoms with Gasteiger partial charge in [-0.15, -0.1) is 11.3 Å². The summed E-state index contributed by atoms with van der Waals surface area (Å²) >= 11 is 1.28. The number of nitrogens with zero attached hydrogens (tertiary/aromatic N) is 3. The fourth-order valence-corrected chi connectivity index (χ4v) is 3.05. The van der Waals surface area contributed by atoms with Crippen molar-refractivity contribution in [3.05, 3.63) is 77.8 Å². The first-order chi connectivity index (χ1) is 13.7. The van der Waals surface area contributed by atoms with Crippen molar-refractivity contribution in [2.75, 3.05) is 10.6 Å². The first-order valence-corrected chi connectivity index (χ1v) is 9.06. The molecule has 0 saturated carbocycles. The molecule has 1 aromatic carbocycles. The second-order valence-electron chi connectivity index (χ2n) is 5.59. The molecule has 3 heterocycles. The summed E-state index contributed by atoms with van der Waals surface area (Å²) in [5.74, 6) is -0.869. The standard InChI is InChI=1S/C19H13N5O3S/c25-16(12-5-2-1-3-6-12)23-18-21-14(10-27-18)17(26)24-19-22-15(11-28-19)13-7-4-8-20-9-13/h1-11H,(H,21,23,25)(H,22,24,26). The Kier molecular flexibility index (Phi) is 4.89. The number of anilines is 2. The van der Waals surface area contributed by atoms with Gasteiger partial charge in [-0.2, -0.15) is 4.98 Å². The van der Waals surface area contributed by atoms with Gasteiger partial charge in [-0.05, 0) is 24.3 Å². The van der Waals surface area contributed by atoms with Crippen molar-refractivity contribution in [2.24, 2.45) is 0 Å². The van der Waals surface area contributed by atoms with Crippen molar-refractivity contribution >= 4 is 34.3 Å². The van der Waals surface area contributed by atoms with Crippen molar-refractivity contribution in [1.29, 1.82) is 0 Å². The highest BCUT2D eigenvalue weighted by Gasteiger charge is 2.16. The Morgan fingerprint density at radius 2 is 1.82 bits per heavy atom. The molecule has 0 radical (unpaired) electrons. The highest BCUT2D eigenvalue weighted by atomic mass is 32.1. The minimum atomic E-state index is -0.490. The van der Waals surface area contributed by atoms with Crippen molar-refractivity contribution in [1.82, 2.24) is 15.0 Å². The van der Waals surface area contributed by atoms with E-state index in [1.165, 1.54) is 17.6 Å². The number of pyridine rings is 1. The van der Waals surface area contributed by atoms with Gasteiger partial charge in [-0.1, -0.05) is 18.2 Å². The van der Waals surface area contributed by atoms with Crippen molar-refractivity contribution in [3.8, 4) is 11.3 Å². The predicted molar refractivity (Wildman–Crippen MR) is 104 cm³/mol. The zero-order valence-corrected chi connectivity index (χ0v) is 15.1. The Labute approximate surface area is 163 Å². The van der Waals surface area contributed by atoms with Crippen LogP contribution in [0.2, 0.25) is 0 Å². The molecule has 0 unspecified atom stereocenters. The van der Waals surface area contributed by atoms with E-state index in [0.29, 0.717) is 16.4 Å². The number of carbonyl (C=O) groups excluding carboxylic acids is 2. The molecule has 2 N–H and O–H groups in total. The Morgan fingerprint density at radius 3 is 2.61 bits per heavy atom. The fraction of sp³-hybridized carbons (Fsp3) is 0. The minimum Gasteiger partial charge on any atom is -0.431 e. The molecule has 8 nitrogen and oxygen atoms in total. The van der Waals surface area contributed by atoms with Gasteiger partial charge >= 0.3 is 6.01 Å². The molecule has 0 aliphatic heterocycles. The van der Waals surface area contributed by atoms with Crippen LogP contribution in [-0.4, -0.2) is 26.8 Å². The maximum absolute atomic E-state index is 12.3. The Morgan fingerprint density at radius 1 is 0.964 bits per heavy atom. The summed E-state index contributed by atoms with van der Waals surface area (Å²) in [6.07, 6.45) is 4.54. The van der Waals surface area contributed by atoms with Crippen LogP contribution in [0.5, 0.6) is 0 Å². The highest BCUT2D eigenvalue weighted by Crippen LogP contribution is 2.24. The third-order valence-electron chi connectivity index (χ3n) is 3.68. The van der Waals surface area contributed by atoms with E-state index >= 15 is 0 Å². The monoisotopic (exact) mass is 391 g/mol. The van der Waals surface area contributed by atoms with E-state index in [1.54, 1.807) is 36.7 Å².